The molecule has 0 atom stereocenters. The minimum atomic E-state index is -0.801. The third-order valence-corrected chi connectivity index (χ3v) is 5.60. The Balaban J connectivity index is 1.50. The van der Waals surface area contributed by atoms with Crippen LogP contribution < -0.4 is 5.32 Å². The van der Waals surface area contributed by atoms with Gasteiger partial charge < -0.3 is 10.2 Å². The maximum absolute atomic E-state index is 14.0. The second-order valence-corrected chi connectivity index (χ2v) is 7.41. The van der Waals surface area contributed by atoms with E-state index < -0.39 is 11.4 Å². The molecular weight excluding hydrogens is 347 g/mol. The highest BCUT2D eigenvalue weighted by atomic mass is 19.1. The quantitative estimate of drug-likeness (QED) is 0.877. The molecule has 2 aromatic rings. The van der Waals surface area contributed by atoms with Crippen LogP contribution in [0.5, 0.6) is 0 Å². The van der Waals surface area contributed by atoms with Crippen molar-refractivity contribution < 1.29 is 14.0 Å². The lowest BCUT2D eigenvalue weighted by atomic mass is 9.86. The van der Waals surface area contributed by atoms with Gasteiger partial charge in [-0.15, -0.1) is 0 Å². The first-order valence-electron chi connectivity index (χ1n) is 9.42. The summed E-state index contributed by atoms with van der Waals surface area (Å²) in [6.07, 6.45) is 6.69. The average Bonchev–Trinajstić information content (AvgIpc) is 3.36. The summed E-state index contributed by atoms with van der Waals surface area (Å²) >= 11 is 0. The Morgan fingerprint density at radius 2 is 1.93 bits per heavy atom. The number of carbonyl (C=O) groups is 2. The van der Waals surface area contributed by atoms with Crippen molar-refractivity contribution in [1.29, 1.82) is 0 Å². The van der Waals surface area contributed by atoms with Gasteiger partial charge in [-0.3, -0.25) is 14.3 Å². The molecule has 0 radical (unpaired) electrons. The number of carbonyl (C=O) groups excluding carboxylic acids is 2. The van der Waals surface area contributed by atoms with Crippen molar-refractivity contribution in [2.75, 3.05) is 19.6 Å². The van der Waals surface area contributed by atoms with Gasteiger partial charge in [-0.25, -0.2) is 4.39 Å². The summed E-state index contributed by atoms with van der Waals surface area (Å²) in [5.41, 5.74) is -0.730. The number of benzene rings is 1. The predicted octanol–water partition coefficient (Wildman–Crippen LogP) is 2.18. The Morgan fingerprint density at radius 3 is 2.56 bits per heavy atom. The molecule has 142 valence electrons. The Kier molecular flexibility index (Phi) is 4.68. The molecule has 7 heteroatoms. The van der Waals surface area contributed by atoms with Gasteiger partial charge in [0.05, 0.1) is 5.56 Å². The van der Waals surface area contributed by atoms with Crippen molar-refractivity contribution in [2.24, 2.45) is 5.92 Å². The summed E-state index contributed by atoms with van der Waals surface area (Å²) in [7, 11) is 0. The van der Waals surface area contributed by atoms with Gasteiger partial charge in [-0.05, 0) is 49.8 Å². The number of nitrogens with zero attached hydrogens (tertiary/aromatic N) is 3. The number of hydrogen-bond acceptors (Lipinski definition) is 3. The fourth-order valence-corrected chi connectivity index (χ4v) is 3.69. The molecule has 2 fully saturated rings. The van der Waals surface area contributed by atoms with Gasteiger partial charge in [0.25, 0.3) is 5.91 Å². The molecule has 2 amide bonds. The zero-order chi connectivity index (χ0) is 18.9. The zero-order valence-corrected chi connectivity index (χ0v) is 15.1. The van der Waals surface area contributed by atoms with Crippen molar-refractivity contribution in [1.82, 2.24) is 20.0 Å². The third-order valence-electron chi connectivity index (χ3n) is 5.60. The maximum atomic E-state index is 14.0. The molecule has 2 heterocycles. The summed E-state index contributed by atoms with van der Waals surface area (Å²) in [5, 5.41) is 7.38. The normalized spacial score (nSPS) is 18.9. The lowest BCUT2D eigenvalue weighted by Crippen LogP contribution is -2.56. The Hall–Kier alpha value is -2.70. The lowest BCUT2D eigenvalue weighted by Gasteiger charge is -2.40. The second kappa shape index (κ2) is 7.13. The Bertz CT molecular complexity index is 824. The number of rotatable bonds is 5. The molecule has 0 bridgehead atoms. The number of hydrogen-bond donors (Lipinski definition) is 1. The monoisotopic (exact) mass is 370 g/mol. The lowest BCUT2D eigenvalue weighted by molar-refractivity contribution is -0.133. The molecule has 1 aromatic heterocycles. The van der Waals surface area contributed by atoms with E-state index in [4.69, 9.17) is 0 Å². The third kappa shape index (κ3) is 3.46. The van der Waals surface area contributed by atoms with Crippen LogP contribution in [0, 0.1) is 11.7 Å². The minimum absolute atomic E-state index is 0.0453. The van der Waals surface area contributed by atoms with Gasteiger partial charge in [0.15, 0.2) is 0 Å². The van der Waals surface area contributed by atoms with E-state index in [1.807, 2.05) is 0 Å². The Morgan fingerprint density at radius 1 is 1.19 bits per heavy atom. The van der Waals surface area contributed by atoms with Gasteiger partial charge in [0, 0.05) is 32.0 Å². The molecule has 1 aliphatic carbocycles. The van der Waals surface area contributed by atoms with Crippen molar-refractivity contribution in [3.8, 4) is 0 Å². The SMILES string of the molecule is O=C(c1ccccc1F)N1CCC(C(=O)NCC2CC2)(n2cccn2)CC1. The van der Waals surface area contributed by atoms with Crippen molar-refractivity contribution in [3.05, 3.63) is 54.1 Å². The van der Waals surface area contributed by atoms with Crippen LogP contribution in [0.15, 0.2) is 42.7 Å². The smallest absolute Gasteiger partial charge is 0.256 e. The van der Waals surface area contributed by atoms with E-state index >= 15 is 0 Å². The fraction of sp³-hybridized carbons (Fsp3) is 0.450. The highest BCUT2D eigenvalue weighted by Gasteiger charge is 2.45. The summed E-state index contributed by atoms with van der Waals surface area (Å²) in [5.74, 6) is -0.309. The van der Waals surface area contributed by atoms with E-state index in [-0.39, 0.29) is 17.4 Å². The first kappa shape index (κ1) is 17.7. The summed E-state index contributed by atoms with van der Waals surface area (Å²) in [6, 6.07) is 7.80. The van der Waals surface area contributed by atoms with Crippen LogP contribution in [-0.4, -0.2) is 46.1 Å². The Labute approximate surface area is 157 Å². The van der Waals surface area contributed by atoms with Gasteiger partial charge in [-0.2, -0.15) is 5.10 Å². The first-order valence-corrected chi connectivity index (χ1v) is 9.42. The molecule has 6 nitrogen and oxygen atoms in total. The van der Waals surface area contributed by atoms with E-state index in [1.165, 1.54) is 25.0 Å². The molecule has 0 spiro atoms. The van der Waals surface area contributed by atoms with Gasteiger partial charge in [0.1, 0.15) is 11.4 Å². The zero-order valence-electron chi connectivity index (χ0n) is 15.1. The molecule has 0 unspecified atom stereocenters. The summed E-state index contributed by atoms with van der Waals surface area (Å²) in [6.45, 7) is 1.45. The molecule has 1 saturated heterocycles. The molecule has 2 aliphatic rings. The van der Waals surface area contributed by atoms with E-state index in [0.29, 0.717) is 38.4 Å². The van der Waals surface area contributed by atoms with Gasteiger partial charge >= 0.3 is 0 Å². The van der Waals surface area contributed by atoms with Crippen LogP contribution in [-0.2, 0) is 10.3 Å². The number of piperidine rings is 1. The number of halogens is 1. The van der Waals surface area contributed by atoms with E-state index in [9.17, 15) is 14.0 Å². The van der Waals surface area contributed by atoms with E-state index in [2.05, 4.69) is 10.4 Å². The number of likely N-dealkylation sites (tertiary alicyclic amines) is 1. The van der Waals surface area contributed by atoms with E-state index in [0.717, 1.165) is 0 Å². The molecule has 4 rings (SSSR count). The maximum Gasteiger partial charge on any atom is 0.256 e. The molecule has 1 saturated carbocycles. The average molecular weight is 370 g/mol. The van der Waals surface area contributed by atoms with Crippen LogP contribution >= 0.6 is 0 Å². The highest BCUT2D eigenvalue weighted by molar-refractivity contribution is 5.95. The molecular formula is C20H23FN4O2. The van der Waals surface area contributed by atoms with E-state index in [1.54, 1.807) is 40.2 Å². The fourth-order valence-electron chi connectivity index (χ4n) is 3.69. The van der Waals surface area contributed by atoms with Gasteiger partial charge in [0.2, 0.25) is 5.91 Å². The standard InChI is InChI=1S/C20H23FN4O2/c21-17-5-2-1-4-16(17)18(26)24-12-8-20(9-13-24,25-11-3-10-23-25)19(27)22-14-15-6-7-15/h1-5,10-11,15H,6-9,12-14H2,(H,22,27). The molecule has 1 aromatic carbocycles. The van der Waals surface area contributed by atoms with Crippen LogP contribution in [0.1, 0.15) is 36.0 Å². The predicted molar refractivity (Wildman–Crippen MR) is 97.5 cm³/mol. The number of amides is 2. The van der Waals surface area contributed by atoms with Crippen molar-refractivity contribution in [3.63, 3.8) is 0 Å². The van der Waals surface area contributed by atoms with Crippen LogP contribution in [0.25, 0.3) is 0 Å². The molecule has 27 heavy (non-hydrogen) atoms. The largest absolute Gasteiger partial charge is 0.354 e. The minimum Gasteiger partial charge on any atom is -0.354 e. The summed E-state index contributed by atoms with van der Waals surface area (Å²) in [4.78, 5) is 27.3. The number of nitrogens with one attached hydrogen (secondary N) is 1. The van der Waals surface area contributed by atoms with Crippen LogP contribution in [0.2, 0.25) is 0 Å². The topological polar surface area (TPSA) is 67.2 Å². The van der Waals surface area contributed by atoms with Crippen molar-refractivity contribution >= 4 is 11.8 Å². The van der Waals surface area contributed by atoms with Crippen LogP contribution in [0.4, 0.5) is 4.39 Å². The molecule has 1 aliphatic heterocycles. The summed E-state index contributed by atoms with van der Waals surface area (Å²) < 4.78 is 15.7. The molecule has 1 N–H and O–H groups in total. The second-order valence-electron chi connectivity index (χ2n) is 7.41. The van der Waals surface area contributed by atoms with Gasteiger partial charge in [-0.1, -0.05) is 12.1 Å². The highest BCUT2D eigenvalue weighted by Crippen LogP contribution is 2.32. The van der Waals surface area contributed by atoms with Crippen LogP contribution in [0.3, 0.4) is 0 Å². The first-order chi connectivity index (χ1) is 13.1. The number of aromatic nitrogens is 2. The van der Waals surface area contributed by atoms with Crippen molar-refractivity contribution in [2.45, 2.75) is 31.2 Å².